The number of ether oxygens (including phenoxy) is 3. The number of halogens is 5. The summed E-state index contributed by atoms with van der Waals surface area (Å²) in [5, 5.41) is 3.68. The first-order valence-electron chi connectivity index (χ1n) is 20.6. The molecule has 14 heteroatoms. The molecule has 0 unspecified atom stereocenters. The minimum Gasteiger partial charge on any atom is -0.486 e. The van der Waals surface area contributed by atoms with E-state index in [2.05, 4.69) is 15.2 Å². The van der Waals surface area contributed by atoms with Crippen LogP contribution in [0.25, 0.3) is 11.1 Å². The van der Waals surface area contributed by atoms with E-state index in [1.165, 1.54) is 7.11 Å². The fourth-order valence-corrected chi connectivity index (χ4v) is 8.53. The Morgan fingerprint density at radius 1 is 0.968 bits per heavy atom. The Kier molecular flexibility index (Phi) is 13.7. The number of aromatic nitrogens is 1. The number of hydrogen-bond donors (Lipinski definition) is 1. The number of benzene rings is 4. The fourth-order valence-electron chi connectivity index (χ4n) is 8.22. The Balaban J connectivity index is 1.08. The Morgan fingerprint density at radius 3 is 2.39 bits per heavy atom. The molecule has 0 radical (unpaired) electrons. The van der Waals surface area contributed by atoms with Gasteiger partial charge in [-0.25, -0.2) is 4.79 Å². The number of nitrogens with one attached hydrogen (secondary N) is 1. The van der Waals surface area contributed by atoms with Gasteiger partial charge in [0.2, 0.25) is 5.91 Å². The maximum absolute atomic E-state index is 14.1. The first-order chi connectivity index (χ1) is 29.6. The second-order valence-electron chi connectivity index (χ2n) is 16.0. The van der Waals surface area contributed by atoms with Crippen LogP contribution in [0.4, 0.5) is 18.9 Å². The monoisotopic (exact) mass is 888 g/mol. The van der Waals surface area contributed by atoms with Gasteiger partial charge in [-0.3, -0.25) is 14.7 Å². The molecule has 4 atom stereocenters. The highest BCUT2D eigenvalue weighted by Gasteiger charge is 2.41. The number of nitrogens with zero attached hydrogens (tertiary/aromatic N) is 3. The Labute approximate surface area is 370 Å². The first kappa shape index (κ1) is 44.7. The molecular formula is C48H49Cl2F3N4O5. The van der Waals surface area contributed by atoms with E-state index < -0.39 is 36.7 Å². The normalized spacial score (nSPS) is 17.5. The molecule has 5 aromatic rings. The number of hydrogen-bond acceptors (Lipinski definition) is 8. The third kappa shape index (κ3) is 10.3. The maximum Gasteiger partial charge on any atom is 0.401 e. The topological polar surface area (TPSA) is 93.2 Å². The summed E-state index contributed by atoms with van der Waals surface area (Å²) in [4.78, 5) is 34.6. The summed E-state index contributed by atoms with van der Waals surface area (Å²) in [5.74, 6) is -0.172. The van der Waals surface area contributed by atoms with Gasteiger partial charge in [0.1, 0.15) is 29.7 Å². The largest absolute Gasteiger partial charge is 0.486 e. The molecule has 0 aliphatic carbocycles. The number of carbonyl (C=O) groups excluding carboxylic acids is 2. The van der Waals surface area contributed by atoms with Crippen LogP contribution in [-0.4, -0.2) is 67.3 Å². The van der Waals surface area contributed by atoms with Crippen LogP contribution in [0.5, 0.6) is 11.5 Å². The number of aryl methyl sites for hydroxylation is 1. The van der Waals surface area contributed by atoms with Crippen molar-refractivity contribution in [1.29, 1.82) is 0 Å². The number of esters is 1. The molecule has 4 aromatic carbocycles. The van der Waals surface area contributed by atoms with Crippen molar-refractivity contribution >= 4 is 40.8 Å². The van der Waals surface area contributed by atoms with Crippen molar-refractivity contribution in [2.75, 3.05) is 32.1 Å². The summed E-state index contributed by atoms with van der Waals surface area (Å²) in [6.45, 7) is 5.13. The summed E-state index contributed by atoms with van der Waals surface area (Å²) in [5.41, 5.74) is 8.67. The van der Waals surface area contributed by atoms with E-state index in [0.717, 1.165) is 55.2 Å². The average Bonchev–Trinajstić information content (AvgIpc) is 3.40. The molecule has 1 amide bonds. The van der Waals surface area contributed by atoms with Crippen LogP contribution in [0, 0.1) is 13.8 Å². The number of pyridine rings is 1. The lowest BCUT2D eigenvalue weighted by molar-refractivity contribution is -0.159. The van der Waals surface area contributed by atoms with Crippen LogP contribution >= 0.6 is 23.2 Å². The minimum absolute atomic E-state index is 0.00245. The van der Waals surface area contributed by atoms with Crippen molar-refractivity contribution in [2.45, 2.75) is 83.5 Å². The van der Waals surface area contributed by atoms with Crippen LogP contribution in [0.3, 0.4) is 0 Å². The lowest BCUT2D eigenvalue weighted by Gasteiger charge is -2.37. The number of amides is 1. The van der Waals surface area contributed by atoms with Crippen LogP contribution in [0.2, 0.25) is 10.0 Å². The molecule has 0 spiro atoms. The van der Waals surface area contributed by atoms with E-state index in [0.29, 0.717) is 46.5 Å². The molecule has 0 fully saturated rings. The number of carbonyl (C=O) groups is 2. The number of methoxy groups -OCH3 is 1. The summed E-state index contributed by atoms with van der Waals surface area (Å²) in [6.07, 6.45) is -1.98. The van der Waals surface area contributed by atoms with Crippen LogP contribution in [0.1, 0.15) is 71.0 Å². The molecule has 3 heterocycles. The molecule has 1 N–H and O–H groups in total. The SMILES string of the molecule is CC[C@@H](Oc1ccc([C@H]2CCN(C)c3cc4c(cc3O2)CN(CC(F)(F)F)[C@H](C(=O)N[C@@H](Cc2ccc(-c3ccnc(C)c3C)cc2)C(=O)OC)C4)cc1)c1ccc(Cl)c(Cl)c1. The van der Waals surface area contributed by atoms with Crippen molar-refractivity contribution in [3.8, 4) is 22.6 Å². The maximum atomic E-state index is 14.1. The third-order valence-corrected chi connectivity index (χ3v) is 12.5. The van der Waals surface area contributed by atoms with Gasteiger partial charge in [-0.15, -0.1) is 0 Å². The molecule has 2 aliphatic rings. The van der Waals surface area contributed by atoms with Gasteiger partial charge < -0.3 is 24.4 Å². The smallest absolute Gasteiger partial charge is 0.401 e. The third-order valence-electron chi connectivity index (χ3n) is 11.8. The lowest BCUT2D eigenvalue weighted by Crippen LogP contribution is -2.56. The van der Waals surface area contributed by atoms with Gasteiger partial charge in [0.05, 0.1) is 35.4 Å². The number of fused-ring (bicyclic) bond motifs is 2. The van der Waals surface area contributed by atoms with E-state index in [-0.39, 0.29) is 31.6 Å². The van der Waals surface area contributed by atoms with E-state index in [9.17, 15) is 22.8 Å². The van der Waals surface area contributed by atoms with E-state index >= 15 is 0 Å². The predicted octanol–water partition coefficient (Wildman–Crippen LogP) is 10.4. The standard InChI is InChI=1S/C48H49Cl2F3N4O5/c1-6-43(33-13-16-38(49)39(50)22-33)61-36-14-11-32(12-15-36)44-18-20-56(4)41-23-34-24-42(57(27-48(51,52)53)26-35(34)25-45(41)62-44)46(58)55-40(47(59)60-5)21-30-7-9-31(10-8-30)37-17-19-54-29(3)28(37)2/h7-17,19,22-23,25,40,42-44H,6,18,20-21,24,26-27H2,1-5H3,(H,55,58)/t40-,42-,43+,44+/m0/s1. The molecule has 326 valence electrons. The van der Waals surface area contributed by atoms with Gasteiger partial charge in [0, 0.05) is 44.9 Å². The zero-order valence-corrected chi connectivity index (χ0v) is 36.7. The van der Waals surface area contributed by atoms with Crippen molar-refractivity contribution in [2.24, 2.45) is 0 Å². The van der Waals surface area contributed by atoms with Crippen LogP contribution < -0.4 is 19.7 Å². The molecule has 1 aromatic heterocycles. The van der Waals surface area contributed by atoms with E-state index in [1.807, 2.05) is 101 Å². The Morgan fingerprint density at radius 2 is 1.71 bits per heavy atom. The van der Waals surface area contributed by atoms with E-state index in [4.69, 9.17) is 37.4 Å². The highest BCUT2D eigenvalue weighted by atomic mass is 35.5. The zero-order chi connectivity index (χ0) is 44.3. The molecule has 62 heavy (non-hydrogen) atoms. The highest BCUT2D eigenvalue weighted by Crippen LogP contribution is 2.42. The summed E-state index contributed by atoms with van der Waals surface area (Å²) >= 11 is 12.4. The van der Waals surface area contributed by atoms with Crippen LogP contribution in [-0.2, 0) is 33.7 Å². The minimum atomic E-state index is -4.59. The molecule has 0 saturated carbocycles. The second-order valence-corrected chi connectivity index (χ2v) is 16.8. The van der Waals surface area contributed by atoms with Gasteiger partial charge in [-0.1, -0.05) is 72.6 Å². The highest BCUT2D eigenvalue weighted by molar-refractivity contribution is 6.42. The molecule has 7 rings (SSSR count). The van der Waals surface area contributed by atoms with Gasteiger partial charge in [0.15, 0.2) is 0 Å². The number of rotatable bonds is 12. The van der Waals surface area contributed by atoms with Crippen LogP contribution in [0.15, 0.2) is 91.1 Å². The van der Waals surface area contributed by atoms with E-state index in [1.54, 1.807) is 18.3 Å². The summed E-state index contributed by atoms with van der Waals surface area (Å²) in [7, 11) is 3.16. The van der Waals surface area contributed by atoms with Crippen molar-refractivity contribution < 1.29 is 37.0 Å². The molecule has 0 bridgehead atoms. The van der Waals surface area contributed by atoms with Crippen molar-refractivity contribution in [1.82, 2.24) is 15.2 Å². The Hall–Kier alpha value is -5.30. The van der Waals surface area contributed by atoms with Gasteiger partial charge >= 0.3 is 12.1 Å². The number of alkyl halides is 3. The van der Waals surface area contributed by atoms with Crippen molar-refractivity contribution in [3.63, 3.8) is 0 Å². The fraction of sp³-hybridized carbons (Fsp3) is 0.354. The molecular weight excluding hydrogens is 840 g/mol. The molecule has 2 aliphatic heterocycles. The number of anilines is 1. The van der Waals surface area contributed by atoms with Gasteiger partial charge in [0.25, 0.3) is 0 Å². The molecule has 0 saturated heterocycles. The predicted molar refractivity (Wildman–Crippen MR) is 235 cm³/mol. The van der Waals surface area contributed by atoms with Gasteiger partial charge in [-0.05, 0) is 114 Å². The Bertz CT molecular complexity index is 2410. The second kappa shape index (κ2) is 19.0. The lowest BCUT2D eigenvalue weighted by atomic mass is 9.91. The average molecular weight is 890 g/mol. The molecule has 9 nitrogen and oxygen atoms in total. The first-order valence-corrected chi connectivity index (χ1v) is 21.3. The summed E-state index contributed by atoms with van der Waals surface area (Å²) < 4.78 is 60.4. The quantitative estimate of drug-likeness (QED) is 0.124. The van der Waals surface area contributed by atoms with Gasteiger partial charge in [-0.2, -0.15) is 13.2 Å². The zero-order valence-electron chi connectivity index (χ0n) is 35.2. The summed E-state index contributed by atoms with van der Waals surface area (Å²) in [6, 6.07) is 24.1. The van der Waals surface area contributed by atoms with Crippen molar-refractivity contribution in [3.05, 3.63) is 140 Å².